The van der Waals surface area contributed by atoms with E-state index in [-0.39, 0.29) is 101 Å². The van der Waals surface area contributed by atoms with Crippen LogP contribution in [0.3, 0.4) is 0 Å². The molecular formula is C73H122N4O10S. The molecule has 5 N–H and O–H groups in total. The summed E-state index contributed by atoms with van der Waals surface area (Å²) in [4.78, 5) is 75.7. The van der Waals surface area contributed by atoms with Gasteiger partial charge in [-0.1, -0.05) is 159 Å². The zero-order chi connectivity index (χ0) is 66.8. The fourth-order valence-electron chi connectivity index (χ4n) is 14.8. The standard InChI is InChI=1S/C73H122N4O10S/c1-25-72(26-2,31-29-33-85-65(82)45(9)10)66(83)76-62-48(41-86-60-50(68(13,14)15)35-46(11)36-51(60)69(16,17)18)58(43(5)6)54(74-62)39-55-59(44(7)8)49(42-87-61-52(70(19,20)21)37-47(12)38-53(61)71(22,23)24)63(75-55)77-67(84)73(27-3,28-4)32-30-34-88-56(64(80)81)40-57(78)79/h39,43-44,46-47,50-53,56,60-61,75H,9,25-38,40-42H2,1-8,10-24H3,(H,77,84)(H,78,79)(H,80,81)(H,74,76,83). The molecule has 1 aliphatic heterocycles. The third-order valence-electron chi connectivity index (χ3n) is 20.5. The van der Waals surface area contributed by atoms with E-state index in [9.17, 15) is 24.6 Å². The molecule has 1 aromatic heterocycles. The number of aliphatic imine (C=N–C) groups is 1. The normalized spacial score (nSPS) is 23.4. The van der Waals surface area contributed by atoms with Crippen molar-refractivity contribution in [2.24, 2.45) is 78.9 Å². The van der Waals surface area contributed by atoms with Gasteiger partial charge in [-0.25, -0.2) is 9.79 Å². The number of thioether (sulfide) groups is 1. The number of amidine groups is 1. The third-order valence-corrected chi connectivity index (χ3v) is 21.8. The number of nitrogens with zero attached hydrogens (tertiary/aromatic N) is 1. The Morgan fingerprint density at radius 1 is 0.682 bits per heavy atom. The smallest absolute Gasteiger partial charge is 0.333 e. The molecule has 0 spiro atoms. The van der Waals surface area contributed by atoms with Crippen LogP contribution in [0.5, 0.6) is 0 Å². The lowest BCUT2D eigenvalue weighted by atomic mass is 9.59. The number of carboxylic acids is 2. The van der Waals surface area contributed by atoms with Gasteiger partial charge in [0.25, 0.3) is 0 Å². The number of aliphatic carboxylic acids is 2. The Balaban J connectivity index is 2.03. The second-order valence-corrected chi connectivity index (χ2v) is 33.2. The van der Waals surface area contributed by atoms with Crippen molar-refractivity contribution in [1.82, 2.24) is 10.3 Å². The number of ether oxygens (including phenoxy) is 3. The molecule has 2 fully saturated rings. The number of rotatable bonds is 29. The number of anilines is 1. The topological polar surface area (TPSA) is 206 Å². The summed E-state index contributed by atoms with van der Waals surface area (Å²) in [5.41, 5.74) is 3.75. The largest absolute Gasteiger partial charge is 0.481 e. The average Bonchev–Trinajstić information content (AvgIpc) is 3.40. The summed E-state index contributed by atoms with van der Waals surface area (Å²) in [5.74, 6) is 0.432. The summed E-state index contributed by atoms with van der Waals surface area (Å²) in [7, 11) is 0. The lowest BCUT2D eigenvalue weighted by Crippen LogP contribution is -2.49. The van der Waals surface area contributed by atoms with E-state index in [1.54, 1.807) is 6.92 Å². The number of carbonyl (C=O) groups excluding carboxylic acids is 3. The number of H-pyrrole nitrogens is 1. The molecule has 2 heterocycles. The van der Waals surface area contributed by atoms with Gasteiger partial charge in [0, 0.05) is 33.2 Å². The maximum Gasteiger partial charge on any atom is 0.333 e. The van der Waals surface area contributed by atoms with Crippen LogP contribution in [0.4, 0.5) is 5.82 Å². The van der Waals surface area contributed by atoms with E-state index in [1.165, 1.54) is 0 Å². The Hall–Kier alpha value is -4.21. The van der Waals surface area contributed by atoms with E-state index in [0.717, 1.165) is 65.4 Å². The number of amides is 2. The summed E-state index contributed by atoms with van der Waals surface area (Å²) >= 11 is 1.11. The molecule has 5 atom stereocenters. The van der Waals surface area contributed by atoms with Gasteiger partial charge in [0.05, 0.1) is 44.1 Å². The molecule has 88 heavy (non-hydrogen) atoms. The number of hydrogen-bond donors (Lipinski definition) is 5. The SMILES string of the molecule is C=C(C)C(=O)OCCCC(CC)(CC)C(=O)NC1=NC(=Cc2[nH]c(NC(=O)C(CC)(CC)CCCSC(CC(=O)O)C(=O)O)c(COC3C(C(C)(C)C)CC(C)CC3C(C)(C)C)c2C(C)C)C(C(C)C)=C1COC1C(C(C)(C)C)CC(C)CC1C(C)(C)C. The average molecular weight is 1250 g/mol. The molecule has 14 nitrogen and oxygen atoms in total. The van der Waals surface area contributed by atoms with Crippen molar-refractivity contribution < 1.29 is 48.4 Å². The molecule has 5 unspecified atom stereocenters. The van der Waals surface area contributed by atoms with E-state index < -0.39 is 40.4 Å². The molecule has 0 aromatic carbocycles. The maximum absolute atomic E-state index is 15.3. The van der Waals surface area contributed by atoms with Gasteiger partial charge in [-0.2, -0.15) is 0 Å². The highest BCUT2D eigenvalue weighted by Crippen LogP contribution is 2.52. The lowest BCUT2D eigenvalue weighted by Gasteiger charge is -2.50. The highest BCUT2D eigenvalue weighted by molar-refractivity contribution is 8.00. The van der Waals surface area contributed by atoms with Crippen LogP contribution in [0.2, 0.25) is 0 Å². The van der Waals surface area contributed by atoms with Gasteiger partial charge in [-0.15, -0.1) is 11.8 Å². The Labute approximate surface area is 537 Å². The number of carboxylic acid groups (broad SMARTS) is 2. The number of aromatic amines is 1. The minimum Gasteiger partial charge on any atom is -0.481 e. The number of nitrogens with one attached hydrogen (secondary N) is 3. The molecule has 4 rings (SSSR count). The highest BCUT2D eigenvalue weighted by atomic mass is 32.2. The van der Waals surface area contributed by atoms with Crippen molar-refractivity contribution >= 4 is 59.2 Å². The molecular weight excluding hydrogens is 1120 g/mol. The Morgan fingerprint density at radius 2 is 1.12 bits per heavy atom. The van der Waals surface area contributed by atoms with Crippen molar-refractivity contribution in [1.29, 1.82) is 0 Å². The van der Waals surface area contributed by atoms with Crippen molar-refractivity contribution in [2.75, 3.05) is 24.3 Å². The second-order valence-electron chi connectivity index (χ2n) is 31.9. The van der Waals surface area contributed by atoms with E-state index in [2.05, 4.69) is 153 Å². The zero-order valence-electron chi connectivity index (χ0n) is 59.2. The van der Waals surface area contributed by atoms with Crippen LogP contribution in [0.25, 0.3) is 6.08 Å². The van der Waals surface area contributed by atoms with Crippen molar-refractivity contribution in [2.45, 2.75) is 273 Å². The van der Waals surface area contributed by atoms with E-state index in [0.29, 0.717) is 91.9 Å². The first kappa shape index (κ1) is 76.2. The minimum atomic E-state index is -1.16. The van der Waals surface area contributed by atoms with Gasteiger partial charge in [0.1, 0.15) is 16.9 Å². The molecule has 0 radical (unpaired) electrons. The first-order valence-corrected chi connectivity index (χ1v) is 34.7. The highest BCUT2D eigenvalue weighted by Gasteiger charge is 2.49. The molecule has 0 saturated heterocycles. The van der Waals surface area contributed by atoms with Gasteiger partial charge in [-0.3, -0.25) is 19.2 Å². The van der Waals surface area contributed by atoms with Crippen molar-refractivity contribution in [3.63, 3.8) is 0 Å². The van der Waals surface area contributed by atoms with Crippen LogP contribution in [-0.2, 0) is 44.8 Å². The maximum atomic E-state index is 15.3. The quantitative estimate of drug-likeness (QED) is 0.0290. The third kappa shape index (κ3) is 19.4. The molecule has 2 amide bonds. The molecule has 0 bridgehead atoms. The summed E-state index contributed by atoms with van der Waals surface area (Å²) < 4.78 is 20.5. The van der Waals surface area contributed by atoms with Crippen LogP contribution >= 0.6 is 11.8 Å². The van der Waals surface area contributed by atoms with Gasteiger partial charge in [-0.05, 0) is 176 Å². The Bertz CT molecular complexity index is 2610. The molecule has 500 valence electrons. The van der Waals surface area contributed by atoms with Gasteiger partial charge < -0.3 is 40.0 Å². The van der Waals surface area contributed by atoms with Crippen molar-refractivity contribution in [3.8, 4) is 0 Å². The van der Waals surface area contributed by atoms with Crippen LogP contribution in [0.1, 0.15) is 265 Å². The summed E-state index contributed by atoms with van der Waals surface area (Å²) in [6.07, 6.45) is 9.88. The van der Waals surface area contributed by atoms with Crippen LogP contribution < -0.4 is 10.6 Å². The van der Waals surface area contributed by atoms with Gasteiger partial charge >= 0.3 is 17.9 Å². The predicted octanol–water partition coefficient (Wildman–Crippen LogP) is 17.6. The van der Waals surface area contributed by atoms with Crippen LogP contribution in [0.15, 0.2) is 34.0 Å². The number of esters is 1. The second kappa shape index (κ2) is 31.4. The zero-order valence-corrected chi connectivity index (χ0v) is 60.0. The minimum absolute atomic E-state index is 0.0292. The molecule has 3 aliphatic rings. The van der Waals surface area contributed by atoms with Gasteiger partial charge in [0.15, 0.2) is 0 Å². The van der Waals surface area contributed by atoms with E-state index in [1.807, 2.05) is 27.7 Å². The summed E-state index contributed by atoms with van der Waals surface area (Å²) in [6.45, 7) is 55.5. The first-order chi connectivity index (χ1) is 40.6. The number of aromatic nitrogens is 1. The summed E-state index contributed by atoms with van der Waals surface area (Å²) in [5, 5.41) is 25.0. The Morgan fingerprint density at radius 3 is 1.52 bits per heavy atom. The molecule has 2 aliphatic carbocycles. The monoisotopic (exact) mass is 1250 g/mol. The number of allylic oxidation sites excluding steroid dienone is 1. The fourth-order valence-corrected chi connectivity index (χ4v) is 15.8. The fraction of sp³-hybridized carbons (Fsp3) is 0.781. The molecule has 15 heteroatoms. The molecule has 2 saturated carbocycles. The number of hydrogen-bond acceptors (Lipinski definition) is 10. The lowest BCUT2D eigenvalue weighted by molar-refractivity contribution is -0.142. The summed E-state index contributed by atoms with van der Waals surface area (Å²) in [6, 6.07) is 0. The van der Waals surface area contributed by atoms with Gasteiger partial charge in [0.2, 0.25) is 11.8 Å². The Kier molecular flexibility index (Phi) is 27.2. The van der Waals surface area contributed by atoms with E-state index in [4.69, 9.17) is 19.2 Å². The first-order valence-electron chi connectivity index (χ1n) is 33.7. The van der Waals surface area contributed by atoms with Crippen molar-refractivity contribution in [3.05, 3.63) is 45.8 Å². The van der Waals surface area contributed by atoms with Crippen LogP contribution in [-0.4, -0.2) is 87.2 Å². The predicted molar refractivity (Wildman–Crippen MR) is 362 cm³/mol. The molecule has 1 aromatic rings. The van der Waals surface area contributed by atoms with Crippen LogP contribution in [0, 0.1) is 73.9 Å². The van der Waals surface area contributed by atoms with E-state index >= 15 is 9.59 Å². The number of carbonyl (C=O) groups is 5.